The number of benzene rings is 1. The predicted molar refractivity (Wildman–Crippen MR) is 90.4 cm³/mol. The number of aromatic nitrogens is 1. The smallest absolute Gasteiger partial charge is 0.257 e. The summed E-state index contributed by atoms with van der Waals surface area (Å²) in [5, 5.41) is 5.68. The Labute approximate surface area is 140 Å². The molecule has 1 heterocycles. The fourth-order valence-corrected chi connectivity index (χ4v) is 2.30. The largest absolute Gasteiger partial charge is 0.495 e. The van der Waals surface area contributed by atoms with Crippen molar-refractivity contribution < 1.29 is 14.3 Å². The standard InChI is InChI=1S/C18H19N3O3/c1-11-3-6-16(24-2)15(7-11)21-18(23)13-8-12(9-19-10-13)17(22)20-14-4-5-14/h3,6-10,14H,4-5H2,1-2H3,(H,20,22)(H,21,23). The van der Waals surface area contributed by atoms with Crippen LogP contribution in [0.15, 0.2) is 36.7 Å². The van der Waals surface area contributed by atoms with Gasteiger partial charge in [-0.15, -0.1) is 0 Å². The highest BCUT2D eigenvalue weighted by atomic mass is 16.5. The number of nitrogens with zero attached hydrogens (tertiary/aromatic N) is 1. The van der Waals surface area contributed by atoms with Crippen LogP contribution in [-0.2, 0) is 0 Å². The van der Waals surface area contributed by atoms with Crippen molar-refractivity contribution in [1.82, 2.24) is 10.3 Å². The maximum Gasteiger partial charge on any atom is 0.257 e. The molecule has 1 aliphatic carbocycles. The first-order valence-corrected chi connectivity index (χ1v) is 7.78. The molecule has 1 aliphatic rings. The third-order valence-electron chi connectivity index (χ3n) is 3.78. The van der Waals surface area contributed by atoms with Crippen LogP contribution in [0, 0.1) is 6.92 Å². The number of carbonyl (C=O) groups excluding carboxylic acids is 2. The van der Waals surface area contributed by atoms with Crippen molar-refractivity contribution in [3.8, 4) is 5.75 Å². The summed E-state index contributed by atoms with van der Waals surface area (Å²) in [6.45, 7) is 1.93. The Kier molecular flexibility index (Phi) is 4.46. The molecule has 2 aromatic rings. The third-order valence-corrected chi connectivity index (χ3v) is 3.78. The van der Waals surface area contributed by atoms with Crippen molar-refractivity contribution in [3.05, 3.63) is 53.3 Å². The first-order valence-electron chi connectivity index (χ1n) is 7.78. The minimum absolute atomic E-state index is 0.201. The molecule has 0 atom stereocenters. The Hall–Kier alpha value is -2.89. The summed E-state index contributed by atoms with van der Waals surface area (Å²) in [7, 11) is 1.55. The van der Waals surface area contributed by atoms with E-state index in [1.54, 1.807) is 19.2 Å². The number of carbonyl (C=O) groups is 2. The number of rotatable bonds is 5. The summed E-state index contributed by atoms with van der Waals surface area (Å²) in [6.07, 6.45) is 4.91. The molecule has 6 nitrogen and oxygen atoms in total. The minimum Gasteiger partial charge on any atom is -0.495 e. The molecular formula is C18H19N3O3. The molecule has 24 heavy (non-hydrogen) atoms. The van der Waals surface area contributed by atoms with Gasteiger partial charge in [-0.3, -0.25) is 14.6 Å². The molecule has 1 saturated carbocycles. The average molecular weight is 325 g/mol. The van der Waals surface area contributed by atoms with Gasteiger partial charge in [0.2, 0.25) is 0 Å². The highest BCUT2D eigenvalue weighted by Crippen LogP contribution is 2.25. The molecule has 0 spiro atoms. The van der Waals surface area contributed by atoms with E-state index in [-0.39, 0.29) is 17.9 Å². The van der Waals surface area contributed by atoms with E-state index in [0.29, 0.717) is 22.6 Å². The van der Waals surface area contributed by atoms with Crippen LogP contribution < -0.4 is 15.4 Å². The molecule has 1 fully saturated rings. The summed E-state index contributed by atoms with van der Waals surface area (Å²) in [5.41, 5.74) is 2.28. The van der Waals surface area contributed by atoms with Crippen molar-refractivity contribution in [2.24, 2.45) is 0 Å². The lowest BCUT2D eigenvalue weighted by molar-refractivity contribution is 0.0950. The quantitative estimate of drug-likeness (QED) is 0.885. The molecule has 0 radical (unpaired) electrons. The molecule has 1 aromatic heterocycles. The zero-order valence-corrected chi connectivity index (χ0v) is 13.6. The van der Waals surface area contributed by atoms with Gasteiger partial charge in [0.05, 0.1) is 23.9 Å². The minimum atomic E-state index is -0.340. The van der Waals surface area contributed by atoms with E-state index in [1.165, 1.54) is 12.4 Å². The number of methoxy groups -OCH3 is 1. The number of anilines is 1. The van der Waals surface area contributed by atoms with Gasteiger partial charge >= 0.3 is 0 Å². The van der Waals surface area contributed by atoms with E-state index in [0.717, 1.165) is 18.4 Å². The van der Waals surface area contributed by atoms with Crippen LogP contribution in [0.2, 0.25) is 0 Å². The van der Waals surface area contributed by atoms with Gasteiger partial charge in [-0.1, -0.05) is 6.07 Å². The predicted octanol–water partition coefficient (Wildman–Crippen LogP) is 2.54. The average Bonchev–Trinajstić information content (AvgIpc) is 3.39. The van der Waals surface area contributed by atoms with E-state index in [4.69, 9.17) is 4.74 Å². The Morgan fingerprint density at radius 2 is 1.83 bits per heavy atom. The second kappa shape index (κ2) is 6.70. The molecule has 0 bridgehead atoms. The molecule has 0 unspecified atom stereocenters. The number of aryl methyl sites for hydroxylation is 1. The van der Waals surface area contributed by atoms with Crippen LogP contribution in [0.3, 0.4) is 0 Å². The maximum absolute atomic E-state index is 12.5. The van der Waals surface area contributed by atoms with Crippen LogP contribution in [0.4, 0.5) is 5.69 Å². The second-order valence-electron chi connectivity index (χ2n) is 5.87. The van der Waals surface area contributed by atoms with Gasteiger partial charge in [-0.25, -0.2) is 0 Å². The van der Waals surface area contributed by atoms with Crippen LogP contribution in [0.25, 0.3) is 0 Å². The first kappa shape index (κ1) is 16.0. The van der Waals surface area contributed by atoms with Gasteiger partial charge in [-0.05, 0) is 43.5 Å². The van der Waals surface area contributed by atoms with Crippen molar-refractivity contribution in [2.75, 3.05) is 12.4 Å². The van der Waals surface area contributed by atoms with E-state index in [9.17, 15) is 9.59 Å². The van der Waals surface area contributed by atoms with Crippen LogP contribution >= 0.6 is 0 Å². The van der Waals surface area contributed by atoms with Crippen LogP contribution in [-0.4, -0.2) is 29.9 Å². The highest BCUT2D eigenvalue weighted by Gasteiger charge is 2.24. The summed E-state index contributed by atoms with van der Waals surface area (Å²) in [6, 6.07) is 7.32. The SMILES string of the molecule is COc1ccc(C)cc1NC(=O)c1cncc(C(=O)NC2CC2)c1. The maximum atomic E-state index is 12.5. The van der Waals surface area contributed by atoms with E-state index in [1.807, 2.05) is 19.1 Å². The third kappa shape index (κ3) is 3.71. The number of pyridine rings is 1. The van der Waals surface area contributed by atoms with Crippen molar-refractivity contribution in [3.63, 3.8) is 0 Å². The lowest BCUT2D eigenvalue weighted by Crippen LogP contribution is -2.26. The number of nitrogens with one attached hydrogen (secondary N) is 2. The summed E-state index contributed by atoms with van der Waals surface area (Å²) >= 11 is 0. The molecule has 2 N–H and O–H groups in total. The monoisotopic (exact) mass is 325 g/mol. The normalized spacial score (nSPS) is 13.2. The zero-order chi connectivity index (χ0) is 17.1. The van der Waals surface area contributed by atoms with E-state index in [2.05, 4.69) is 15.6 Å². The molecule has 1 aromatic carbocycles. The van der Waals surface area contributed by atoms with Gasteiger partial charge in [0, 0.05) is 18.4 Å². The molecule has 0 saturated heterocycles. The number of amides is 2. The topological polar surface area (TPSA) is 80.3 Å². The van der Waals surface area contributed by atoms with Crippen molar-refractivity contribution in [2.45, 2.75) is 25.8 Å². The van der Waals surface area contributed by atoms with E-state index >= 15 is 0 Å². The zero-order valence-electron chi connectivity index (χ0n) is 13.6. The van der Waals surface area contributed by atoms with Gasteiger partial charge in [0.25, 0.3) is 11.8 Å². The lowest BCUT2D eigenvalue weighted by atomic mass is 10.1. The Bertz CT molecular complexity index is 785. The second-order valence-corrected chi connectivity index (χ2v) is 5.87. The highest BCUT2D eigenvalue weighted by molar-refractivity contribution is 6.06. The van der Waals surface area contributed by atoms with Crippen molar-refractivity contribution >= 4 is 17.5 Å². The summed E-state index contributed by atoms with van der Waals surface area (Å²) < 4.78 is 5.26. The Morgan fingerprint density at radius 1 is 1.12 bits per heavy atom. The molecule has 6 heteroatoms. The number of hydrogen-bond donors (Lipinski definition) is 2. The van der Waals surface area contributed by atoms with Crippen LogP contribution in [0.5, 0.6) is 5.75 Å². The molecule has 0 aliphatic heterocycles. The Morgan fingerprint density at radius 3 is 2.50 bits per heavy atom. The van der Waals surface area contributed by atoms with Gasteiger partial charge in [0.1, 0.15) is 5.75 Å². The fraction of sp³-hybridized carbons (Fsp3) is 0.278. The fourth-order valence-electron chi connectivity index (χ4n) is 2.30. The van der Waals surface area contributed by atoms with Gasteiger partial charge in [0.15, 0.2) is 0 Å². The number of hydrogen-bond acceptors (Lipinski definition) is 4. The first-order chi connectivity index (χ1) is 11.6. The molecule has 3 rings (SSSR count). The molecule has 2 amide bonds. The van der Waals surface area contributed by atoms with Crippen LogP contribution in [0.1, 0.15) is 39.1 Å². The molecular weight excluding hydrogens is 306 g/mol. The summed E-state index contributed by atoms with van der Waals surface area (Å²) in [4.78, 5) is 28.5. The molecule has 124 valence electrons. The van der Waals surface area contributed by atoms with E-state index < -0.39 is 0 Å². The van der Waals surface area contributed by atoms with Gasteiger partial charge < -0.3 is 15.4 Å². The lowest BCUT2D eigenvalue weighted by Gasteiger charge is -2.11. The van der Waals surface area contributed by atoms with Gasteiger partial charge in [-0.2, -0.15) is 0 Å². The Balaban J connectivity index is 1.77. The summed E-state index contributed by atoms with van der Waals surface area (Å²) in [5.74, 6) is 0.0322. The number of ether oxygens (including phenoxy) is 1. The van der Waals surface area contributed by atoms with Crippen molar-refractivity contribution in [1.29, 1.82) is 0 Å².